The van der Waals surface area contributed by atoms with Crippen LogP contribution in [0.1, 0.15) is 20.3 Å². The third-order valence-electron chi connectivity index (χ3n) is 2.88. The zero-order valence-corrected chi connectivity index (χ0v) is 10.4. The molecule has 0 aliphatic heterocycles. The second kappa shape index (κ2) is 5.54. The zero-order valence-electron chi connectivity index (χ0n) is 10.4. The number of Topliss-reactive ketones (excluding diaryl/α,β-unsaturated/α-hetero) is 1. The van der Waals surface area contributed by atoms with Crippen molar-refractivity contribution in [2.24, 2.45) is 0 Å². The molecule has 0 aromatic heterocycles. The zero-order chi connectivity index (χ0) is 12.1. The van der Waals surface area contributed by atoms with Crippen molar-refractivity contribution in [1.29, 1.82) is 0 Å². The summed E-state index contributed by atoms with van der Waals surface area (Å²) in [5.41, 5.74) is 1.02. The molecule has 0 bridgehead atoms. The molecule has 0 amide bonds. The van der Waals surface area contributed by atoms with Gasteiger partial charge in [-0.15, -0.1) is 0 Å². The van der Waals surface area contributed by atoms with E-state index in [9.17, 15) is 4.79 Å². The van der Waals surface area contributed by atoms with Crippen molar-refractivity contribution >= 4 is 11.5 Å². The van der Waals surface area contributed by atoms with E-state index in [0.717, 1.165) is 11.4 Å². The minimum atomic E-state index is -0.0848. The Kier molecular flexibility index (Phi) is 4.35. The fraction of sp³-hybridized carbons (Fsp3) is 0.462. The monoisotopic (exact) mass is 221 g/mol. The fourth-order valence-corrected chi connectivity index (χ4v) is 1.55. The molecule has 0 saturated heterocycles. The summed E-state index contributed by atoms with van der Waals surface area (Å²) in [7, 11) is 3.57. The number of benzene rings is 1. The summed E-state index contributed by atoms with van der Waals surface area (Å²) in [5, 5.41) is 0. The summed E-state index contributed by atoms with van der Waals surface area (Å²) in [6, 6.07) is 7.62. The summed E-state index contributed by atoms with van der Waals surface area (Å²) >= 11 is 0. The van der Waals surface area contributed by atoms with Gasteiger partial charge in [0.25, 0.3) is 0 Å². The van der Waals surface area contributed by atoms with Crippen LogP contribution in [0.5, 0.6) is 5.75 Å². The molecule has 16 heavy (non-hydrogen) atoms. The van der Waals surface area contributed by atoms with Crippen LogP contribution in [-0.2, 0) is 4.79 Å². The molecule has 3 heteroatoms. The molecule has 88 valence electrons. The van der Waals surface area contributed by atoms with E-state index >= 15 is 0 Å². The Labute approximate surface area is 97.0 Å². The lowest BCUT2D eigenvalue weighted by molar-refractivity contribution is -0.119. The highest BCUT2D eigenvalue weighted by molar-refractivity contribution is 5.86. The van der Waals surface area contributed by atoms with E-state index in [4.69, 9.17) is 4.74 Å². The standard InChI is InChI=1S/C13H19NO2/c1-5-13(15)10(2)14(3)11-6-8-12(16-4)9-7-11/h6-10H,5H2,1-4H3. The van der Waals surface area contributed by atoms with Crippen molar-refractivity contribution in [3.05, 3.63) is 24.3 Å². The first-order valence-electron chi connectivity index (χ1n) is 5.49. The highest BCUT2D eigenvalue weighted by Crippen LogP contribution is 2.20. The van der Waals surface area contributed by atoms with Gasteiger partial charge in [0, 0.05) is 19.2 Å². The Balaban J connectivity index is 2.79. The Morgan fingerprint density at radius 3 is 2.38 bits per heavy atom. The van der Waals surface area contributed by atoms with Gasteiger partial charge in [-0.25, -0.2) is 0 Å². The predicted octanol–water partition coefficient (Wildman–Crippen LogP) is 2.50. The first-order valence-corrected chi connectivity index (χ1v) is 5.49. The van der Waals surface area contributed by atoms with Crippen molar-refractivity contribution in [3.63, 3.8) is 0 Å². The molecule has 0 N–H and O–H groups in total. The van der Waals surface area contributed by atoms with Crippen LogP contribution in [0.25, 0.3) is 0 Å². The van der Waals surface area contributed by atoms with E-state index in [0.29, 0.717) is 6.42 Å². The second-order valence-corrected chi connectivity index (χ2v) is 3.80. The van der Waals surface area contributed by atoms with Crippen LogP contribution in [0.4, 0.5) is 5.69 Å². The van der Waals surface area contributed by atoms with Crippen LogP contribution >= 0.6 is 0 Å². The number of ether oxygens (including phenoxy) is 1. The number of rotatable bonds is 5. The molecule has 1 unspecified atom stereocenters. The Morgan fingerprint density at radius 2 is 1.94 bits per heavy atom. The lowest BCUT2D eigenvalue weighted by atomic mass is 10.1. The molecule has 1 aromatic rings. The normalized spacial score (nSPS) is 12.0. The molecule has 3 nitrogen and oxygen atoms in total. The fourth-order valence-electron chi connectivity index (χ4n) is 1.55. The number of carbonyl (C=O) groups excluding carboxylic acids is 1. The highest BCUT2D eigenvalue weighted by atomic mass is 16.5. The van der Waals surface area contributed by atoms with Gasteiger partial charge in [-0.1, -0.05) is 6.92 Å². The van der Waals surface area contributed by atoms with Gasteiger partial charge in [0.05, 0.1) is 13.2 Å². The van der Waals surface area contributed by atoms with E-state index in [1.54, 1.807) is 7.11 Å². The minimum absolute atomic E-state index is 0.0848. The third-order valence-corrected chi connectivity index (χ3v) is 2.88. The SMILES string of the molecule is CCC(=O)C(C)N(C)c1ccc(OC)cc1. The van der Waals surface area contributed by atoms with Crippen molar-refractivity contribution in [1.82, 2.24) is 0 Å². The number of likely N-dealkylation sites (N-methyl/N-ethyl adjacent to an activating group) is 1. The van der Waals surface area contributed by atoms with Crippen molar-refractivity contribution < 1.29 is 9.53 Å². The maximum Gasteiger partial charge on any atom is 0.154 e. The van der Waals surface area contributed by atoms with E-state index in [1.807, 2.05) is 50.1 Å². The Hall–Kier alpha value is -1.51. The molecule has 0 fully saturated rings. The maximum absolute atomic E-state index is 11.6. The first-order chi connectivity index (χ1) is 7.60. The van der Waals surface area contributed by atoms with Gasteiger partial charge in [0.1, 0.15) is 5.75 Å². The Morgan fingerprint density at radius 1 is 1.38 bits per heavy atom. The molecule has 1 rings (SSSR count). The molecular weight excluding hydrogens is 202 g/mol. The average Bonchev–Trinajstić information content (AvgIpc) is 2.36. The first kappa shape index (κ1) is 12.6. The molecule has 0 saturated carbocycles. The molecular formula is C13H19NO2. The van der Waals surface area contributed by atoms with Crippen molar-refractivity contribution in [3.8, 4) is 5.75 Å². The van der Waals surface area contributed by atoms with Gasteiger partial charge < -0.3 is 9.64 Å². The van der Waals surface area contributed by atoms with Gasteiger partial charge in [-0.3, -0.25) is 4.79 Å². The molecule has 1 aromatic carbocycles. The number of hydrogen-bond donors (Lipinski definition) is 0. The van der Waals surface area contributed by atoms with E-state index in [-0.39, 0.29) is 11.8 Å². The summed E-state index contributed by atoms with van der Waals surface area (Å²) in [6.07, 6.45) is 0.571. The molecule has 0 heterocycles. The third kappa shape index (κ3) is 2.75. The lowest BCUT2D eigenvalue weighted by Crippen LogP contribution is -2.35. The number of nitrogens with zero attached hydrogens (tertiary/aromatic N) is 1. The van der Waals surface area contributed by atoms with Crippen LogP contribution in [-0.4, -0.2) is 26.0 Å². The van der Waals surface area contributed by atoms with Crippen molar-refractivity contribution in [2.75, 3.05) is 19.1 Å². The number of methoxy groups -OCH3 is 1. The minimum Gasteiger partial charge on any atom is -0.497 e. The van der Waals surface area contributed by atoms with E-state index in [2.05, 4.69) is 0 Å². The van der Waals surface area contributed by atoms with E-state index < -0.39 is 0 Å². The topological polar surface area (TPSA) is 29.5 Å². The van der Waals surface area contributed by atoms with Crippen LogP contribution in [0.2, 0.25) is 0 Å². The summed E-state index contributed by atoms with van der Waals surface area (Å²) in [4.78, 5) is 13.6. The summed E-state index contributed by atoms with van der Waals surface area (Å²) in [6.45, 7) is 3.82. The van der Waals surface area contributed by atoms with Gasteiger partial charge in [0.15, 0.2) is 5.78 Å². The van der Waals surface area contributed by atoms with Crippen LogP contribution in [0.3, 0.4) is 0 Å². The highest BCUT2D eigenvalue weighted by Gasteiger charge is 2.16. The number of carbonyl (C=O) groups is 1. The smallest absolute Gasteiger partial charge is 0.154 e. The molecule has 0 aliphatic carbocycles. The van der Waals surface area contributed by atoms with Gasteiger partial charge in [-0.2, -0.15) is 0 Å². The van der Waals surface area contributed by atoms with Crippen LogP contribution in [0, 0.1) is 0 Å². The van der Waals surface area contributed by atoms with Crippen LogP contribution in [0.15, 0.2) is 24.3 Å². The molecule has 0 aliphatic rings. The maximum atomic E-state index is 11.6. The number of ketones is 1. The molecule has 0 radical (unpaired) electrons. The molecule has 0 spiro atoms. The van der Waals surface area contributed by atoms with Gasteiger partial charge in [0.2, 0.25) is 0 Å². The summed E-state index contributed by atoms with van der Waals surface area (Å²) in [5.74, 6) is 1.07. The van der Waals surface area contributed by atoms with Crippen LogP contribution < -0.4 is 9.64 Å². The lowest BCUT2D eigenvalue weighted by Gasteiger charge is -2.25. The number of anilines is 1. The Bertz CT molecular complexity index is 345. The second-order valence-electron chi connectivity index (χ2n) is 3.80. The predicted molar refractivity (Wildman–Crippen MR) is 66.2 cm³/mol. The van der Waals surface area contributed by atoms with Gasteiger partial charge >= 0.3 is 0 Å². The quantitative estimate of drug-likeness (QED) is 0.765. The molecule has 1 atom stereocenters. The number of hydrogen-bond acceptors (Lipinski definition) is 3. The van der Waals surface area contributed by atoms with Gasteiger partial charge in [-0.05, 0) is 31.2 Å². The van der Waals surface area contributed by atoms with E-state index in [1.165, 1.54) is 0 Å². The average molecular weight is 221 g/mol. The van der Waals surface area contributed by atoms with Crippen molar-refractivity contribution in [2.45, 2.75) is 26.3 Å². The largest absolute Gasteiger partial charge is 0.497 e. The summed E-state index contributed by atoms with van der Waals surface area (Å²) < 4.78 is 5.09.